The second kappa shape index (κ2) is 8.44. The molecule has 1 aromatic carbocycles. The summed E-state index contributed by atoms with van der Waals surface area (Å²) in [6, 6.07) is 14.1. The van der Waals surface area contributed by atoms with E-state index in [1.54, 1.807) is 0 Å². The van der Waals surface area contributed by atoms with Gasteiger partial charge in [-0.15, -0.1) is 0 Å². The molecule has 4 heterocycles. The molecule has 1 saturated heterocycles. The first-order valence-corrected chi connectivity index (χ1v) is 11.2. The molecule has 2 aliphatic heterocycles. The van der Waals surface area contributed by atoms with E-state index in [1.165, 1.54) is 5.56 Å². The topological polar surface area (TPSA) is 71.8 Å². The number of ether oxygens (including phenoxy) is 2. The Labute approximate surface area is 192 Å². The highest BCUT2D eigenvalue weighted by molar-refractivity contribution is 7.80. The van der Waals surface area contributed by atoms with E-state index in [-0.39, 0.29) is 25.5 Å². The number of nitrogens with zero attached hydrogens (tertiary/aromatic N) is 3. The largest absolute Gasteiger partial charge is 0.454 e. The Kier molecular flexibility index (Phi) is 5.48. The van der Waals surface area contributed by atoms with Crippen LogP contribution in [0.3, 0.4) is 0 Å². The number of fused-ring (bicyclic) bond motifs is 1. The van der Waals surface area contributed by atoms with E-state index in [1.807, 2.05) is 36.5 Å². The summed E-state index contributed by atoms with van der Waals surface area (Å²) in [5, 5.41) is 13.6. The number of pyridine rings is 1. The standard InChI is InChI=1S/C24H26N4O3S/c1-15-12-18(16(2)28(15)17-7-8-20-21(13-17)31-14-30-20)23-22(19-6-3-4-9-25-19)26-24(32)27(23)10-5-11-29/h3-4,6-9,12-13,22-23,29H,5,10-11,14H2,1-2H3,(H,26,32). The number of benzene rings is 1. The van der Waals surface area contributed by atoms with Crippen LogP contribution in [0.2, 0.25) is 0 Å². The van der Waals surface area contributed by atoms with Crippen LogP contribution in [0.4, 0.5) is 0 Å². The van der Waals surface area contributed by atoms with E-state index in [9.17, 15) is 5.11 Å². The van der Waals surface area contributed by atoms with E-state index in [0.717, 1.165) is 34.3 Å². The second-order valence-electron chi connectivity index (χ2n) is 8.10. The first kappa shape index (κ1) is 20.8. The maximum absolute atomic E-state index is 9.45. The maximum atomic E-state index is 9.45. The molecule has 0 amide bonds. The van der Waals surface area contributed by atoms with Crippen molar-refractivity contribution in [3.05, 3.63) is 71.3 Å². The predicted octanol–water partition coefficient (Wildman–Crippen LogP) is 3.57. The fourth-order valence-electron chi connectivity index (χ4n) is 4.73. The second-order valence-corrected chi connectivity index (χ2v) is 8.48. The highest BCUT2D eigenvalue weighted by Gasteiger charge is 2.41. The summed E-state index contributed by atoms with van der Waals surface area (Å²) >= 11 is 5.71. The van der Waals surface area contributed by atoms with Crippen molar-refractivity contribution in [3.8, 4) is 17.2 Å². The van der Waals surface area contributed by atoms with Crippen LogP contribution >= 0.6 is 12.2 Å². The summed E-state index contributed by atoms with van der Waals surface area (Å²) in [6.45, 7) is 5.29. The molecule has 2 N–H and O–H groups in total. The zero-order valence-electron chi connectivity index (χ0n) is 18.1. The molecule has 166 valence electrons. The SMILES string of the molecule is Cc1cc(C2C(c3ccccn3)NC(=S)N2CCCO)c(C)n1-c1ccc2c(c1)OCO2. The van der Waals surface area contributed by atoms with E-state index >= 15 is 0 Å². The molecular weight excluding hydrogens is 424 g/mol. The average molecular weight is 451 g/mol. The third kappa shape index (κ3) is 3.49. The number of thiocarbonyl (C=S) groups is 1. The summed E-state index contributed by atoms with van der Waals surface area (Å²) in [5.41, 5.74) is 5.41. The van der Waals surface area contributed by atoms with Crippen LogP contribution in [0.15, 0.2) is 48.7 Å². The van der Waals surface area contributed by atoms with Crippen molar-refractivity contribution in [1.29, 1.82) is 0 Å². The van der Waals surface area contributed by atoms with Crippen LogP contribution in [0.5, 0.6) is 11.5 Å². The molecule has 1 fully saturated rings. The fraction of sp³-hybridized carbons (Fsp3) is 0.333. The van der Waals surface area contributed by atoms with E-state index in [2.05, 4.69) is 45.7 Å². The molecule has 2 aliphatic rings. The first-order valence-electron chi connectivity index (χ1n) is 10.8. The Bertz CT molecular complexity index is 1150. The lowest BCUT2D eigenvalue weighted by Crippen LogP contribution is -2.31. The fourth-order valence-corrected chi connectivity index (χ4v) is 5.07. The van der Waals surface area contributed by atoms with Crippen molar-refractivity contribution >= 4 is 17.3 Å². The molecule has 2 aromatic heterocycles. The average Bonchev–Trinajstić information content (AvgIpc) is 3.48. The van der Waals surface area contributed by atoms with Gasteiger partial charge in [0.25, 0.3) is 0 Å². The van der Waals surface area contributed by atoms with Gasteiger partial charge in [0.2, 0.25) is 6.79 Å². The van der Waals surface area contributed by atoms with Gasteiger partial charge in [0.15, 0.2) is 16.6 Å². The molecule has 0 bridgehead atoms. The number of nitrogens with one attached hydrogen (secondary N) is 1. The van der Waals surface area contributed by atoms with Crippen molar-refractivity contribution in [3.63, 3.8) is 0 Å². The Hall–Kier alpha value is -3.10. The smallest absolute Gasteiger partial charge is 0.231 e. The van der Waals surface area contributed by atoms with Gasteiger partial charge in [-0.2, -0.15) is 0 Å². The number of hydrogen-bond acceptors (Lipinski definition) is 5. The van der Waals surface area contributed by atoms with Crippen molar-refractivity contribution in [2.75, 3.05) is 19.9 Å². The third-order valence-corrected chi connectivity index (χ3v) is 6.51. The highest BCUT2D eigenvalue weighted by Crippen LogP contribution is 2.42. The number of aryl methyl sites for hydroxylation is 1. The van der Waals surface area contributed by atoms with Gasteiger partial charge in [-0.3, -0.25) is 4.98 Å². The van der Waals surface area contributed by atoms with Gasteiger partial charge in [0.1, 0.15) is 0 Å². The van der Waals surface area contributed by atoms with Gasteiger partial charge in [-0.1, -0.05) is 6.07 Å². The molecule has 0 radical (unpaired) electrons. The molecule has 7 nitrogen and oxygen atoms in total. The molecule has 0 saturated carbocycles. The molecule has 8 heteroatoms. The molecule has 0 aliphatic carbocycles. The van der Waals surface area contributed by atoms with Crippen LogP contribution in [0, 0.1) is 13.8 Å². The lowest BCUT2D eigenvalue weighted by molar-refractivity contribution is 0.174. The molecule has 3 aromatic rings. The lowest BCUT2D eigenvalue weighted by atomic mass is 9.96. The van der Waals surface area contributed by atoms with Crippen LogP contribution < -0.4 is 14.8 Å². The Morgan fingerprint density at radius 3 is 2.78 bits per heavy atom. The molecule has 2 atom stereocenters. The first-order chi connectivity index (χ1) is 15.6. The van der Waals surface area contributed by atoms with Crippen molar-refractivity contribution in [1.82, 2.24) is 19.8 Å². The Morgan fingerprint density at radius 2 is 2.00 bits per heavy atom. The van der Waals surface area contributed by atoms with Crippen LogP contribution in [0.25, 0.3) is 5.69 Å². The monoisotopic (exact) mass is 450 g/mol. The van der Waals surface area contributed by atoms with Crippen molar-refractivity contribution in [2.24, 2.45) is 0 Å². The van der Waals surface area contributed by atoms with Crippen LogP contribution in [-0.4, -0.2) is 44.6 Å². The molecular formula is C24H26N4O3S. The number of hydrogen-bond donors (Lipinski definition) is 2. The van der Waals surface area contributed by atoms with E-state index in [0.29, 0.717) is 18.1 Å². The summed E-state index contributed by atoms with van der Waals surface area (Å²) in [4.78, 5) is 6.78. The zero-order chi connectivity index (χ0) is 22.2. The van der Waals surface area contributed by atoms with Crippen molar-refractivity contribution < 1.29 is 14.6 Å². The summed E-state index contributed by atoms with van der Waals surface area (Å²) in [7, 11) is 0. The quantitative estimate of drug-likeness (QED) is 0.556. The van der Waals surface area contributed by atoms with Crippen LogP contribution in [0.1, 0.15) is 41.1 Å². The van der Waals surface area contributed by atoms with Gasteiger partial charge in [0, 0.05) is 42.5 Å². The maximum Gasteiger partial charge on any atom is 0.231 e. The summed E-state index contributed by atoms with van der Waals surface area (Å²) in [6.07, 6.45) is 2.46. The van der Waals surface area contributed by atoms with Gasteiger partial charge < -0.3 is 29.4 Å². The number of aliphatic hydroxyl groups excluding tert-OH is 1. The minimum atomic E-state index is -0.0758. The molecule has 5 rings (SSSR count). The normalized spacial score (nSPS) is 19.5. The zero-order valence-corrected chi connectivity index (χ0v) is 18.9. The van der Waals surface area contributed by atoms with Gasteiger partial charge >= 0.3 is 0 Å². The minimum absolute atomic E-state index is 0.0297. The van der Waals surface area contributed by atoms with E-state index < -0.39 is 0 Å². The number of aromatic nitrogens is 2. The Morgan fingerprint density at radius 1 is 1.16 bits per heavy atom. The Balaban J connectivity index is 1.59. The molecule has 2 unspecified atom stereocenters. The van der Waals surface area contributed by atoms with Gasteiger partial charge in [-0.05, 0) is 68.4 Å². The van der Waals surface area contributed by atoms with Crippen molar-refractivity contribution in [2.45, 2.75) is 32.4 Å². The number of aliphatic hydroxyl groups is 1. The highest BCUT2D eigenvalue weighted by atomic mass is 32.1. The van der Waals surface area contributed by atoms with Gasteiger partial charge in [0.05, 0.1) is 17.8 Å². The third-order valence-electron chi connectivity index (χ3n) is 6.16. The number of rotatable bonds is 6. The minimum Gasteiger partial charge on any atom is -0.454 e. The summed E-state index contributed by atoms with van der Waals surface area (Å²) in [5.74, 6) is 1.53. The van der Waals surface area contributed by atoms with Gasteiger partial charge in [-0.25, -0.2) is 0 Å². The molecule has 0 spiro atoms. The lowest BCUT2D eigenvalue weighted by Gasteiger charge is -2.28. The van der Waals surface area contributed by atoms with Crippen LogP contribution in [-0.2, 0) is 0 Å². The summed E-state index contributed by atoms with van der Waals surface area (Å²) < 4.78 is 13.3. The molecule has 32 heavy (non-hydrogen) atoms. The predicted molar refractivity (Wildman–Crippen MR) is 125 cm³/mol. The van der Waals surface area contributed by atoms with E-state index in [4.69, 9.17) is 21.7 Å².